The van der Waals surface area contributed by atoms with Crippen LogP contribution in [0.1, 0.15) is 18.9 Å². The fourth-order valence-electron chi connectivity index (χ4n) is 3.06. The van der Waals surface area contributed by atoms with Crippen molar-refractivity contribution in [2.24, 2.45) is 0 Å². The molecule has 1 aliphatic heterocycles. The Balaban J connectivity index is 1.61. The summed E-state index contributed by atoms with van der Waals surface area (Å²) < 4.78 is 5.13. The van der Waals surface area contributed by atoms with Crippen LogP contribution in [0, 0.1) is 0 Å². The number of anilines is 1. The quantitative estimate of drug-likeness (QED) is 0.533. The molecule has 29 heavy (non-hydrogen) atoms. The van der Waals surface area contributed by atoms with E-state index in [4.69, 9.17) is 16.3 Å². The molecule has 4 amide bonds. The van der Waals surface area contributed by atoms with Gasteiger partial charge in [-0.3, -0.25) is 14.5 Å². The van der Waals surface area contributed by atoms with Crippen LogP contribution in [0.5, 0.6) is 5.75 Å². The van der Waals surface area contributed by atoms with Crippen molar-refractivity contribution < 1.29 is 19.1 Å². The van der Waals surface area contributed by atoms with Crippen molar-refractivity contribution >= 4 is 35.1 Å². The molecule has 8 nitrogen and oxygen atoms in total. The minimum atomic E-state index is -1.08. The second-order valence-corrected chi connectivity index (χ2v) is 7.25. The van der Waals surface area contributed by atoms with Crippen molar-refractivity contribution in [1.82, 2.24) is 15.2 Å². The highest BCUT2D eigenvalue weighted by Gasteiger charge is 2.47. The van der Waals surface area contributed by atoms with Crippen LogP contribution in [-0.4, -0.2) is 46.9 Å². The molecule has 1 aliphatic rings. The number of amides is 4. The predicted molar refractivity (Wildman–Crippen MR) is 108 cm³/mol. The van der Waals surface area contributed by atoms with Gasteiger partial charge in [0, 0.05) is 6.20 Å². The second-order valence-electron chi connectivity index (χ2n) is 6.89. The number of aromatic nitrogens is 1. The van der Waals surface area contributed by atoms with Gasteiger partial charge in [-0.05, 0) is 49.6 Å². The molecule has 0 aliphatic carbocycles. The van der Waals surface area contributed by atoms with E-state index in [1.165, 1.54) is 6.20 Å². The fraction of sp³-hybridized carbons (Fsp3) is 0.300. The predicted octanol–water partition coefficient (Wildman–Crippen LogP) is 2.63. The summed E-state index contributed by atoms with van der Waals surface area (Å²) in [6.07, 6.45) is 2.47. The van der Waals surface area contributed by atoms with Gasteiger partial charge in [0.1, 0.15) is 17.8 Å². The largest absolute Gasteiger partial charge is 0.497 e. The molecule has 1 aromatic carbocycles. The first-order valence-corrected chi connectivity index (χ1v) is 9.37. The Morgan fingerprint density at radius 1 is 1.28 bits per heavy atom. The number of carbonyl (C=O) groups excluding carboxylic acids is 3. The highest BCUT2D eigenvalue weighted by Crippen LogP contribution is 2.24. The number of aryl methyl sites for hydroxylation is 1. The molecule has 3 rings (SSSR count). The number of nitrogens with one attached hydrogen (secondary N) is 2. The Bertz CT molecular complexity index is 934. The molecule has 2 N–H and O–H groups in total. The van der Waals surface area contributed by atoms with Gasteiger partial charge in [0.2, 0.25) is 5.91 Å². The third-order valence-electron chi connectivity index (χ3n) is 4.75. The first-order chi connectivity index (χ1) is 13.8. The average Bonchev–Trinajstić information content (AvgIpc) is 2.92. The summed E-state index contributed by atoms with van der Waals surface area (Å²) in [6.45, 7) is 1.25. The van der Waals surface area contributed by atoms with Crippen LogP contribution in [-0.2, 0) is 16.0 Å². The summed E-state index contributed by atoms with van der Waals surface area (Å²) in [5, 5.41) is 5.38. The van der Waals surface area contributed by atoms with Crippen LogP contribution >= 0.6 is 11.6 Å². The number of urea groups is 1. The van der Waals surface area contributed by atoms with Gasteiger partial charge in [0.25, 0.3) is 5.91 Å². The lowest BCUT2D eigenvalue weighted by atomic mass is 9.93. The number of benzene rings is 1. The third-order valence-corrected chi connectivity index (χ3v) is 5.05. The minimum absolute atomic E-state index is 0.127. The lowest BCUT2D eigenvalue weighted by Crippen LogP contribution is -2.45. The molecule has 0 unspecified atom stereocenters. The maximum atomic E-state index is 12.8. The molecule has 9 heteroatoms. The van der Waals surface area contributed by atoms with Crippen molar-refractivity contribution in [3.8, 4) is 5.75 Å². The molecule has 2 heterocycles. The molecule has 1 atom stereocenters. The Kier molecular flexibility index (Phi) is 6.03. The SMILES string of the molecule is COc1ccc(CC[C@]2(C)NC(=O)N(CC(=O)Nc3cccnc3Cl)C2=O)cc1. The summed E-state index contributed by atoms with van der Waals surface area (Å²) in [5.41, 5.74) is 0.244. The van der Waals surface area contributed by atoms with Crippen molar-refractivity contribution in [2.45, 2.75) is 25.3 Å². The first-order valence-electron chi connectivity index (χ1n) is 9.00. The molecule has 1 fully saturated rings. The number of methoxy groups -OCH3 is 1. The Morgan fingerprint density at radius 2 is 2.00 bits per heavy atom. The van der Waals surface area contributed by atoms with E-state index in [0.29, 0.717) is 18.5 Å². The van der Waals surface area contributed by atoms with Crippen LogP contribution in [0.2, 0.25) is 5.15 Å². The van der Waals surface area contributed by atoms with E-state index in [0.717, 1.165) is 16.2 Å². The molecule has 0 saturated carbocycles. The zero-order chi connectivity index (χ0) is 21.0. The lowest BCUT2D eigenvalue weighted by molar-refractivity contribution is -0.133. The summed E-state index contributed by atoms with van der Waals surface area (Å²) in [7, 11) is 1.59. The van der Waals surface area contributed by atoms with Gasteiger partial charge in [-0.1, -0.05) is 23.7 Å². The topological polar surface area (TPSA) is 101 Å². The monoisotopic (exact) mass is 416 g/mol. The van der Waals surface area contributed by atoms with Crippen LogP contribution in [0.3, 0.4) is 0 Å². The summed E-state index contributed by atoms with van der Waals surface area (Å²) in [4.78, 5) is 42.2. The number of halogens is 1. The molecule has 1 saturated heterocycles. The summed E-state index contributed by atoms with van der Waals surface area (Å²) >= 11 is 5.91. The average molecular weight is 417 g/mol. The minimum Gasteiger partial charge on any atom is -0.497 e. The number of nitrogens with zero attached hydrogens (tertiary/aromatic N) is 2. The maximum absolute atomic E-state index is 12.8. The zero-order valence-electron chi connectivity index (χ0n) is 16.1. The van der Waals surface area contributed by atoms with Gasteiger partial charge >= 0.3 is 6.03 Å². The number of hydrogen-bond acceptors (Lipinski definition) is 5. The summed E-state index contributed by atoms with van der Waals surface area (Å²) in [5.74, 6) is -0.234. The van der Waals surface area contributed by atoms with E-state index < -0.39 is 29.9 Å². The third kappa shape index (κ3) is 4.65. The normalized spacial score (nSPS) is 18.5. The lowest BCUT2D eigenvalue weighted by Gasteiger charge is -2.21. The molecular weight excluding hydrogens is 396 g/mol. The smallest absolute Gasteiger partial charge is 0.325 e. The molecule has 2 aromatic rings. The molecule has 152 valence electrons. The van der Waals surface area contributed by atoms with Crippen molar-refractivity contribution in [1.29, 1.82) is 0 Å². The van der Waals surface area contributed by atoms with Crippen molar-refractivity contribution in [3.63, 3.8) is 0 Å². The molecule has 1 aromatic heterocycles. The Labute approximate surface area is 173 Å². The molecule has 0 spiro atoms. The van der Waals surface area contributed by atoms with Gasteiger partial charge in [0.15, 0.2) is 5.15 Å². The van der Waals surface area contributed by atoms with Gasteiger partial charge in [-0.2, -0.15) is 0 Å². The van der Waals surface area contributed by atoms with Crippen molar-refractivity contribution in [3.05, 3.63) is 53.3 Å². The van der Waals surface area contributed by atoms with E-state index >= 15 is 0 Å². The second kappa shape index (κ2) is 8.48. The van der Waals surface area contributed by atoms with Crippen LogP contribution < -0.4 is 15.4 Å². The van der Waals surface area contributed by atoms with E-state index in [2.05, 4.69) is 15.6 Å². The van der Waals surface area contributed by atoms with E-state index in [9.17, 15) is 14.4 Å². The van der Waals surface area contributed by atoms with Crippen LogP contribution in [0.4, 0.5) is 10.5 Å². The van der Waals surface area contributed by atoms with E-state index in [-0.39, 0.29) is 5.15 Å². The molecule has 0 radical (unpaired) electrons. The van der Waals surface area contributed by atoms with Crippen LogP contribution in [0.15, 0.2) is 42.6 Å². The highest BCUT2D eigenvalue weighted by molar-refractivity contribution is 6.32. The number of imide groups is 1. The van der Waals surface area contributed by atoms with Crippen LogP contribution in [0.25, 0.3) is 0 Å². The van der Waals surface area contributed by atoms with E-state index in [1.54, 1.807) is 26.2 Å². The number of ether oxygens (including phenoxy) is 1. The van der Waals surface area contributed by atoms with E-state index in [1.807, 2.05) is 24.3 Å². The standard InChI is InChI=1S/C20H21ClN4O4/c1-20(10-9-13-5-7-14(29-2)8-6-13)18(27)25(19(28)24-20)12-16(26)23-15-4-3-11-22-17(15)21/h3-8,11H,9-10,12H2,1-2H3,(H,23,26)(H,24,28)/t20-/m0/s1. The zero-order valence-corrected chi connectivity index (χ0v) is 16.8. The number of carbonyl (C=O) groups is 3. The van der Waals surface area contributed by atoms with Gasteiger partial charge in [-0.25, -0.2) is 9.78 Å². The van der Waals surface area contributed by atoms with Gasteiger partial charge in [-0.15, -0.1) is 0 Å². The molecule has 0 bridgehead atoms. The Morgan fingerprint density at radius 3 is 2.66 bits per heavy atom. The number of rotatable bonds is 7. The summed E-state index contributed by atoms with van der Waals surface area (Å²) in [6, 6.07) is 10.1. The number of hydrogen-bond donors (Lipinski definition) is 2. The van der Waals surface area contributed by atoms with Gasteiger partial charge in [0.05, 0.1) is 12.8 Å². The highest BCUT2D eigenvalue weighted by atomic mass is 35.5. The fourth-order valence-corrected chi connectivity index (χ4v) is 3.23. The Hall–Kier alpha value is -3.13. The van der Waals surface area contributed by atoms with Gasteiger partial charge < -0.3 is 15.4 Å². The maximum Gasteiger partial charge on any atom is 0.325 e. The number of pyridine rings is 1. The molecular formula is C20H21ClN4O4. The first kappa shape index (κ1) is 20.6. The van der Waals surface area contributed by atoms with Crippen molar-refractivity contribution in [2.75, 3.05) is 19.0 Å².